The van der Waals surface area contributed by atoms with E-state index in [0.717, 1.165) is 5.56 Å². The van der Waals surface area contributed by atoms with E-state index < -0.39 is 35.7 Å². The maximum atomic E-state index is 12.1. The molecule has 0 aromatic carbocycles. The van der Waals surface area contributed by atoms with Gasteiger partial charge in [0.25, 0.3) is 5.91 Å². The summed E-state index contributed by atoms with van der Waals surface area (Å²) < 4.78 is 4.75. The molecule has 1 aliphatic rings. The fourth-order valence-electron chi connectivity index (χ4n) is 3.30. The molecule has 0 spiro atoms. The van der Waals surface area contributed by atoms with Crippen molar-refractivity contribution in [2.45, 2.75) is 33.2 Å². The van der Waals surface area contributed by atoms with Crippen LogP contribution in [0, 0.1) is 12.8 Å². The van der Waals surface area contributed by atoms with Crippen LogP contribution in [-0.4, -0.2) is 72.1 Å². The van der Waals surface area contributed by atoms with Crippen molar-refractivity contribution in [3.05, 3.63) is 71.2 Å². The zero-order valence-electron chi connectivity index (χ0n) is 24.5. The molecule has 4 rings (SSSR count). The van der Waals surface area contributed by atoms with Gasteiger partial charge in [0.2, 0.25) is 5.88 Å². The molecule has 1 atom stereocenters. The molecule has 1 unspecified atom stereocenters. The van der Waals surface area contributed by atoms with Gasteiger partial charge in [-0.15, -0.1) is 0 Å². The van der Waals surface area contributed by atoms with Gasteiger partial charge >= 0.3 is 17.9 Å². The van der Waals surface area contributed by atoms with Crippen molar-refractivity contribution in [3.8, 4) is 5.88 Å². The number of amidine groups is 1. The number of halogens is 6. The Morgan fingerprint density at radius 2 is 1.57 bits per heavy atom. The first-order valence-electron chi connectivity index (χ1n) is 12.7. The Hall–Kier alpha value is -3.66. The van der Waals surface area contributed by atoms with Gasteiger partial charge in [-0.3, -0.25) is 9.78 Å². The third kappa shape index (κ3) is 9.92. The molecule has 14 nitrogen and oxygen atoms in total. The van der Waals surface area contributed by atoms with Crippen molar-refractivity contribution < 1.29 is 39.2 Å². The number of nitrogen functional groups attached to an aromatic ring is 1. The van der Waals surface area contributed by atoms with E-state index in [1.165, 1.54) is 12.1 Å². The van der Waals surface area contributed by atoms with Crippen LogP contribution in [0.5, 0.6) is 5.88 Å². The normalized spacial score (nSPS) is 15.0. The van der Waals surface area contributed by atoms with Crippen LogP contribution in [0.2, 0.25) is 30.4 Å². The van der Waals surface area contributed by atoms with Crippen LogP contribution < -0.4 is 15.8 Å². The van der Waals surface area contributed by atoms with E-state index in [2.05, 4.69) is 25.3 Å². The van der Waals surface area contributed by atoms with Gasteiger partial charge in [0.1, 0.15) is 21.3 Å². The minimum atomic E-state index is -1.31. The number of carboxylic acid groups (broad SMARTS) is 3. The summed E-state index contributed by atoms with van der Waals surface area (Å²) in [5.41, 5.74) is 4.96. The molecule has 1 amide bonds. The molecule has 0 aliphatic carbocycles. The number of carboxylic acids is 3. The Kier molecular flexibility index (Phi) is 13.8. The van der Waals surface area contributed by atoms with Gasteiger partial charge in [0.05, 0.1) is 21.3 Å². The molecule has 0 fully saturated rings. The highest BCUT2D eigenvalue weighted by molar-refractivity contribution is 6.46. The quantitative estimate of drug-likeness (QED) is 0.169. The van der Waals surface area contributed by atoms with Crippen molar-refractivity contribution in [3.63, 3.8) is 0 Å². The number of aryl methyl sites for hydroxylation is 1. The summed E-state index contributed by atoms with van der Waals surface area (Å²) in [6.07, 6.45) is 1.56. The summed E-state index contributed by atoms with van der Waals surface area (Å²) in [5.74, 6) is -3.59. The number of hydrogen-bond donors (Lipinski definition) is 5. The third-order valence-electron chi connectivity index (χ3n) is 6.10. The van der Waals surface area contributed by atoms with E-state index in [9.17, 15) is 24.3 Å². The smallest absolute Gasteiger partial charge is 0.356 e. The number of amides is 1. The van der Waals surface area contributed by atoms with Gasteiger partial charge in [-0.1, -0.05) is 83.5 Å². The second kappa shape index (κ2) is 16.4. The zero-order chi connectivity index (χ0) is 36.0. The van der Waals surface area contributed by atoms with Crippen molar-refractivity contribution in [2.24, 2.45) is 10.9 Å². The lowest BCUT2D eigenvalue weighted by molar-refractivity contribution is -0.139. The molecule has 0 radical (unpaired) electrons. The van der Waals surface area contributed by atoms with E-state index in [1.807, 2.05) is 13.8 Å². The first-order chi connectivity index (χ1) is 21.7. The van der Waals surface area contributed by atoms with Crippen molar-refractivity contribution in [1.29, 1.82) is 0 Å². The monoisotopic (exact) mass is 770 g/mol. The molecule has 4 heterocycles. The van der Waals surface area contributed by atoms with E-state index in [0.29, 0.717) is 0 Å². The number of carbonyl (C=O) groups excluding carboxylic acids is 1. The second-order valence-corrected chi connectivity index (χ2v) is 12.0. The second-order valence-electron chi connectivity index (χ2n) is 9.76. The number of ether oxygens (including phenoxy) is 1. The van der Waals surface area contributed by atoms with Crippen LogP contribution in [0.15, 0.2) is 23.3 Å². The highest BCUT2D eigenvalue weighted by atomic mass is 35.5. The van der Waals surface area contributed by atoms with Gasteiger partial charge < -0.3 is 31.1 Å². The van der Waals surface area contributed by atoms with Gasteiger partial charge in [-0.25, -0.2) is 24.4 Å². The SMILES string of the molecule is Cc1cnc(C2=NC(C)(C(C)C)C(=O)N2)c(C(=O)O)c1.Nc1c(Cl)c(Cl)nc(C(=O)O)c1Cl.O=C(O)COc1nc(Cl)c(Cl)cc1Cl. The number of aliphatic imine (C=N–C) groups is 1. The predicted octanol–water partition coefficient (Wildman–Crippen LogP) is 6.21. The fraction of sp³-hybridized carbons (Fsp3) is 0.259. The number of pyridine rings is 3. The van der Waals surface area contributed by atoms with Gasteiger partial charge in [0.15, 0.2) is 28.4 Å². The van der Waals surface area contributed by atoms with E-state index >= 15 is 0 Å². The maximum absolute atomic E-state index is 12.1. The zero-order valence-corrected chi connectivity index (χ0v) is 29.1. The number of nitrogens with zero attached hydrogens (tertiary/aromatic N) is 4. The lowest BCUT2D eigenvalue weighted by atomic mass is 9.89. The lowest BCUT2D eigenvalue weighted by Gasteiger charge is -2.21. The number of aromatic carboxylic acids is 2. The molecule has 0 saturated heterocycles. The number of hydrogen-bond acceptors (Lipinski definition) is 10. The van der Waals surface area contributed by atoms with Gasteiger partial charge in [-0.05, 0) is 37.5 Å². The molecule has 20 heteroatoms. The van der Waals surface area contributed by atoms with Crippen molar-refractivity contribution in [1.82, 2.24) is 20.3 Å². The number of anilines is 1. The van der Waals surface area contributed by atoms with Crippen LogP contribution in [0.1, 0.15) is 52.9 Å². The number of aromatic nitrogens is 3. The minimum absolute atomic E-state index is 0.00118. The standard InChI is InChI=1S/C14H17N3O3.C7H4Cl3NO3.C6H3Cl3N2O2/c1-7(2)14(4)13(20)16-11(17-14)10-9(12(18)19)5-8(3)6-15-10;8-3-1-4(9)7(11-6(3)10)14-2-5(12)13;7-1-3(10)2(8)5(9)11-4(1)6(12)13/h5-7H,1-4H3,(H,18,19)(H,16,17,20);1H,2H2,(H,12,13);(H2,10,11)(H,12,13). The van der Waals surface area contributed by atoms with Gasteiger partial charge in [0, 0.05) is 6.20 Å². The van der Waals surface area contributed by atoms with Crippen LogP contribution >= 0.6 is 69.6 Å². The summed E-state index contributed by atoms with van der Waals surface area (Å²) in [4.78, 5) is 59.7. The molecule has 3 aromatic rings. The Morgan fingerprint density at radius 3 is 2.09 bits per heavy atom. The number of rotatable bonds is 7. The van der Waals surface area contributed by atoms with Crippen molar-refractivity contribution >= 4 is 105 Å². The minimum Gasteiger partial charge on any atom is -0.479 e. The number of nitrogens with one attached hydrogen (secondary N) is 1. The van der Waals surface area contributed by atoms with Crippen molar-refractivity contribution in [2.75, 3.05) is 12.3 Å². The lowest BCUT2D eigenvalue weighted by Crippen LogP contribution is -2.41. The summed E-state index contributed by atoms with van der Waals surface area (Å²) in [6, 6.07) is 2.85. The van der Waals surface area contributed by atoms with E-state index in [1.54, 1.807) is 20.0 Å². The number of aliphatic carboxylic acids is 1. The molecule has 0 saturated carbocycles. The maximum Gasteiger partial charge on any atom is 0.356 e. The summed E-state index contributed by atoms with van der Waals surface area (Å²) in [6.45, 7) is 6.75. The summed E-state index contributed by atoms with van der Waals surface area (Å²) >= 11 is 33.4. The van der Waals surface area contributed by atoms with Gasteiger partial charge in [-0.2, -0.15) is 4.98 Å². The van der Waals surface area contributed by atoms with E-state index in [-0.39, 0.29) is 70.9 Å². The Balaban J connectivity index is 0.000000253. The Morgan fingerprint density at radius 1 is 0.957 bits per heavy atom. The first kappa shape index (κ1) is 39.5. The third-order valence-corrected chi connectivity index (χ3v) is 8.18. The average molecular weight is 773 g/mol. The van der Waals surface area contributed by atoms with Crippen LogP contribution in [0.25, 0.3) is 0 Å². The summed E-state index contributed by atoms with van der Waals surface area (Å²) in [7, 11) is 0. The highest BCUT2D eigenvalue weighted by Crippen LogP contribution is 2.34. The largest absolute Gasteiger partial charge is 0.479 e. The van der Waals surface area contributed by atoms with Crippen LogP contribution in [0.4, 0.5) is 5.69 Å². The number of carbonyl (C=O) groups is 4. The Labute approximate surface area is 296 Å². The first-order valence-corrected chi connectivity index (χ1v) is 15.0. The van der Waals surface area contributed by atoms with Crippen LogP contribution in [0.3, 0.4) is 0 Å². The summed E-state index contributed by atoms with van der Waals surface area (Å²) in [5, 5.41) is 28.7. The molecular weight excluding hydrogens is 749 g/mol. The molecular formula is C27H24Cl6N6O8. The molecule has 6 N–H and O–H groups in total. The molecule has 3 aromatic heterocycles. The topological polar surface area (TPSA) is 227 Å². The van der Waals surface area contributed by atoms with E-state index in [4.69, 9.17) is 90.3 Å². The fourth-order valence-corrected chi connectivity index (χ4v) is 4.44. The molecule has 1 aliphatic heterocycles. The predicted molar refractivity (Wildman–Crippen MR) is 177 cm³/mol. The Bertz CT molecular complexity index is 1770. The van der Waals surface area contributed by atoms with Crippen LogP contribution in [-0.2, 0) is 9.59 Å². The molecule has 47 heavy (non-hydrogen) atoms. The molecule has 0 bridgehead atoms. The highest BCUT2D eigenvalue weighted by Gasteiger charge is 2.43. The molecule has 252 valence electrons. The average Bonchev–Trinajstić information content (AvgIpc) is 3.30. The number of nitrogens with two attached hydrogens (primary N) is 1.